The van der Waals surface area contributed by atoms with Gasteiger partial charge in [0.05, 0.1) is 0 Å². The topological polar surface area (TPSA) is 86.8 Å². The van der Waals surface area contributed by atoms with Crippen molar-refractivity contribution in [2.24, 2.45) is 0 Å². The monoisotopic (exact) mass is 312 g/mol. The fourth-order valence-electron chi connectivity index (χ4n) is 3.06. The van der Waals surface area contributed by atoms with Gasteiger partial charge in [-0.2, -0.15) is 0 Å². The van der Waals surface area contributed by atoms with E-state index < -0.39 is 0 Å². The van der Waals surface area contributed by atoms with E-state index in [9.17, 15) is 4.79 Å². The summed E-state index contributed by atoms with van der Waals surface area (Å²) in [6.07, 6.45) is 9.49. The molecule has 2 N–H and O–H groups in total. The standard InChI is InChI=1S/C16H20N6O/c23-16-15(18-7-8-19-16)22-9-1-2-12(10-22)20-13-5-6-17-14(21-13)11-3-4-11/h5-8,11-12H,1-4,9-10H2,(H,19,23)(H,17,20,21). The van der Waals surface area contributed by atoms with Gasteiger partial charge in [0.15, 0.2) is 5.82 Å². The summed E-state index contributed by atoms with van der Waals surface area (Å²) in [5.74, 6) is 2.87. The van der Waals surface area contributed by atoms with Crippen molar-refractivity contribution in [3.8, 4) is 0 Å². The smallest absolute Gasteiger partial charge is 0.290 e. The van der Waals surface area contributed by atoms with Crippen LogP contribution in [0.5, 0.6) is 0 Å². The highest BCUT2D eigenvalue weighted by Gasteiger charge is 2.27. The van der Waals surface area contributed by atoms with E-state index in [0.717, 1.165) is 37.6 Å². The Hall–Kier alpha value is -2.44. The Balaban J connectivity index is 1.46. The first-order valence-electron chi connectivity index (χ1n) is 8.18. The highest BCUT2D eigenvalue weighted by molar-refractivity contribution is 5.40. The fraction of sp³-hybridized carbons (Fsp3) is 0.500. The Kier molecular flexibility index (Phi) is 3.69. The van der Waals surface area contributed by atoms with E-state index >= 15 is 0 Å². The molecule has 120 valence electrons. The number of rotatable bonds is 4. The highest BCUT2D eigenvalue weighted by atomic mass is 16.1. The van der Waals surface area contributed by atoms with Gasteiger partial charge in [0, 0.05) is 43.6 Å². The minimum absolute atomic E-state index is 0.133. The molecule has 0 bridgehead atoms. The third kappa shape index (κ3) is 3.18. The van der Waals surface area contributed by atoms with Crippen LogP contribution in [0.4, 0.5) is 11.6 Å². The number of aromatic nitrogens is 4. The normalized spacial score (nSPS) is 21.2. The zero-order valence-corrected chi connectivity index (χ0v) is 12.9. The van der Waals surface area contributed by atoms with Crippen molar-refractivity contribution in [1.82, 2.24) is 19.9 Å². The zero-order valence-electron chi connectivity index (χ0n) is 12.9. The number of hydrogen-bond acceptors (Lipinski definition) is 6. The van der Waals surface area contributed by atoms with Crippen LogP contribution in [-0.2, 0) is 0 Å². The van der Waals surface area contributed by atoms with Gasteiger partial charge in [0.1, 0.15) is 11.6 Å². The molecule has 1 unspecified atom stereocenters. The van der Waals surface area contributed by atoms with Gasteiger partial charge in [-0.3, -0.25) is 4.79 Å². The molecule has 1 saturated heterocycles. The first-order valence-corrected chi connectivity index (χ1v) is 8.18. The van der Waals surface area contributed by atoms with Gasteiger partial charge in [-0.25, -0.2) is 15.0 Å². The first-order chi connectivity index (χ1) is 11.3. The maximum Gasteiger partial charge on any atom is 0.290 e. The summed E-state index contributed by atoms with van der Waals surface area (Å²) in [5.41, 5.74) is -0.133. The lowest BCUT2D eigenvalue weighted by atomic mass is 10.1. The Morgan fingerprint density at radius 2 is 2.13 bits per heavy atom. The Labute approximate surface area is 134 Å². The van der Waals surface area contributed by atoms with Crippen LogP contribution in [0.15, 0.2) is 29.5 Å². The SMILES string of the molecule is O=c1[nH]ccnc1N1CCCC(Nc2ccnc(C3CC3)n2)C1. The summed E-state index contributed by atoms with van der Waals surface area (Å²) >= 11 is 0. The molecule has 1 atom stereocenters. The Morgan fingerprint density at radius 1 is 1.22 bits per heavy atom. The van der Waals surface area contributed by atoms with Crippen molar-refractivity contribution in [2.45, 2.75) is 37.6 Å². The van der Waals surface area contributed by atoms with Crippen LogP contribution in [0, 0.1) is 0 Å². The summed E-state index contributed by atoms with van der Waals surface area (Å²) in [6.45, 7) is 1.61. The molecule has 7 heteroatoms. The third-order valence-corrected chi connectivity index (χ3v) is 4.38. The van der Waals surface area contributed by atoms with Gasteiger partial charge < -0.3 is 15.2 Å². The summed E-state index contributed by atoms with van der Waals surface area (Å²) in [7, 11) is 0. The molecule has 2 aromatic rings. The van der Waals surface area contributed by atoms with E-state index in [-0.39, 0.29) is 11.6 Å². The molecule has 2 aromatic heterocycles. The van der Waals surface area contributed by atoms with Crippen LogP contribution < -0.4 is 15.8 Å². The quantitative estimate of drug-likeness (QED) is 0.890. The maximum absolute atomic E-state index is 11.9. The number of nitrogens with one attached hydrogen (secondary N) is 2. The lowest BCUT2D eigenvalue weighted by Crippen LogP contribution is -2.44. The molecule has 2 fully saturated rings. The van der Waals surface area contributed by atoms with Gasteiger partial charge in [-0.1, -0.05) is 0 Å². The van der Waals surface area contributed by atoms with Gasteiger partial charge in [-0.15, -0.1) is 0 Å². The lowest BCUT2D eigenvalue weighted by molar-refractivity contribution is 0.523. The third-order valence-electron chi connectivity index (χ3n) is 4.38. The number of aromatic amines is 1. The number of hydrogen-bond donors (Lipinski definition) is 2. The van der Waals surface area contributed by atoms with Crippen molar-refractivity contribution in [3.63, 3.8) is 0 Å². The predicted molar refractivity (Wildman–Crippen MR) is 87.7 cm³/mol. The number of H-pyrrole nitrogens is 1. The fourth-order valence-corrected chi connectivity index (χ4v) is 3.06. The van der Waals surface area contributed by atoms with E-state index in [0.29, 0.717) is 11.7 Å². The van der Waals surface area contributed by atoms with Crippen LogP contribution in [0.25, 0.3) is 0 Å². The Bertz CT molecular complexity index is 741. The molecule has 1 aliphatic carbocycles. The van der Waals surface area contributed by atoms with Gasteiger partial charge in [0.2, 0.25) is 0 Å². The van der Waals surface area contributed by atoms with Gasteiger partial charge in [0.25, 0.3) is 5.56 Å². The maximum atomic E-state index is 11.9. The molecule has 0 spiro atoms. The van der Waals surface area contributed by atoms with Crippen LogP contribution in [0.1, 0.15) is 37.4 Å². The Morgan fingerprint density at radius 3 is 2.96 bits per heavy atom. The molecule has 2 aliphatic rings. The first kappa shape index (κ1) is 14.2. The lowest BCUT2D eigenvalue weighted by Gasteiger charge is -2.33. The van der Waals surface area contributed by atoms with E-state index in [1.165, 1.54) is 12.8 Å². The molecule has 0 amide bonds. The highest BCUT2D eigenvalue weighted by Crippen LogP contribution is 2.38. The van der Waals surface area contributed by atoms with Crippen molar-refractivity contribution in [1.29, 1.82) is 0 Å². The summed E-state index contributed by atoms with van der Waals surface area (Å²) in [5, 5.41) is 3.49. The second kappa shape index (κ2) is 5.98. The molecule has 1 saturated carbocycles. The summed E-state index contributed by atoms with van der Waals surface area (Å²) in [4.78, 5) is 29.8. The van der Waals surface area contributed by atoms with Crippen LogP contribution in [-0.4, -0.2) is 39.1 Å². The molecular formula is C16H20N6O. The number of nitrogens with zero attached hydrogens (tertiary/aromatic N) is 4. The van der Waals surface area contributed by atoms with E-state index in [4.69, 9.17) is 0 Å². The molecule has 3 heterocycles. The molecular weight excluding hydrogens is 292 g/mol. The second-order valence-corrected chi connectivity index (χ2v) is 6.25. The molecule has 0 aromatic carbocycles. The second-order valence-electron chi connectivity index (χ2n) is 6.25. The van der Waals surface area contributed by atoms with Crippen molar-refractivity contribution < 1.29 is 0 Å². The number of piperidine rings is 1. The molecule has 0 radical (unpaired) electrons. The van der Waals surface area contributed by atoms with Crippen molar-refractivity contribution in [3.05, 3.63) is 40.8 Å². The average molecular weight is 312 g/mol. The van der Waals surface area contributed by atoms with Crippen LogP contribution in [0.3, 0.4) is 0 Å². The minimum atomic E-state index is -0.133. The van der Waals surface area contributed by atoms with Crippen molar-refractivity contribution >= 4 is 11.6 Å². The van der Waals surface area contributed by atoms with E-state index in [1.807, 2.05) is 17.2 Å². The molecule has 7 nitrogen and oxygen atoms in total. The largest absolute Gasteiger partial charge is 0.365 e. The molecule has 1 aliphatic heterocycles. The zero-order chi connectivity index (χ0) is 15.6. The summed E-state index contributed by atoms with van der Waals surface area (Å²) < 4.78 is 0. The summed E-state index contributed by atoms with van der Waals surface area (Å²) in [6, 6.07) is 2.17. The number of anilines is 2. The van der Waals surface area contributed by atoms with Crippen LogP contribution in [0.2, 0.25) is 0 Å². The van der Waals surface area contributed by atoms with Gasteiger partial charge in [-0.05, 0) is 31.7 Å². The minimum Gasteiger partial charge on any atom is -0.365 e. The van der Waals surface area contributed by atoms with E-state index in [1.54, 1.807) is 12.4 Å². The predicted octanol–water partition coefficient (Wildman–Crippen LogP) is 1.52. The molecule has 23 heavy (non-hydrogen) atoms. The van der Waals surface area contributed by atoms with Crippen molar-refractivity contribution in [2.75, 3.05) is 23.3 Å². The van der Waals surface area contributed by atoms with Gasteiger partial charge >= 0.3 is 0 Å². The van der Waals surface area contributed by atoms with E-state index in [2.05, 4.69) is 25.3 Å². The van der Waals surface area contributed by atoms with Crippen LogP contribution >= 0.6 is 0 Å². The molecule has 4 rings (SSSR count). The average Bonchev–Trinajstić information content (AvgIpc) is 3.41.